The molecule has 0 spiro atoms. The molecule has 0 heterocycles. The molecule has 0 aliphatic heterocycles. The van der Waals surface area contributed by atoms with E-state index >= 15 is 0 Å². The Labute approximate surface area is 148 Å². The van der Waals surface area contributed by atoms with Gasteiger partial charge in [-0.25, -0.2) is 8.42 Å². The molecular formula is C18H22N2O4S. The number of methoxy groups -OCH3 is 1. The predicted octanol–water partition coefficient (Wildman–Crippen LogP) is 2.66. The second-order valence-corrected chi connectivity index (χ2v) is 7.58. The molecule has 0 bridgehead atoms. The van der Waals surface area contributed by atoms with E-state index in [9.17, 15) is 13.2 Å². The minimum atomic E-state index is -3.57. The quantitative estimate of drug-likeness (QED) is 0.822. The summed E-state index contributed by atoms with van der Waals surface area (Å²) >= 11 is 0. The number of nitrogens with zero attached hydrogens (tertiary/aromatic N) is 1. The van der Waals surface area contributed by atoms with Gasteiger partial charge in [-0.2, -0.15) is 4.31 Å². The largest absolute Gasteiger partial charge is 0.495 e. The number of hydrogen-bond acceptors (Lipinski definition) is 4. The molecular weight excluding hydrogens is 340 g/mol. The van der Waals surface area contributed by atoms with Crippen LogP contribution in [0, 0.1) is 0 Å². The molecule has 134 valence electrons. The maximum absolute atomic E-state index is 12.4. The van der Waals surface area contributed by atoms with Crippen molar-refractivity contribution in [2.24, 2.45) is 0 Å². The standard InChI is InChI=1S/C18H22N2O4S/c1-14(15-9-5-4-6-10-15)20(25(3,22)23)13-18(21)19-16-11-7-8-12-17(16)24-2/h4-12,14H,13H2,1-3H3,(H,19,21). The first-order valence-corrected chi connectivity index (χ1v) is 9.62. The molecule has 1 atom stereocenters. The van der Waals surface area contributed by atoms with Gasteiger partial charge in [0.15, 0.2) is 0 Å². The fourth-order valence-electron chi connectivity index (χ4n) is 2.52. The first-order valence-electron chi connectivity index (χ1n) is 7.77. The van der Waals surface area contributed by atoms with Crippen LogP contribution in [-0.2, 0) is 14.8 Å². The molecule has 0 aliphatic rings. The van der Waals surface area contributed by atoms with Crippen LogP contribution in [0.5, 0.6) is 5.75 Å². The van der Waals surface area contributed by atoms with Gasteiger partial charge in [0.05, 0.1) is 25.6 Å². The van der Waals surface area contributed by atoms with Gasteiger partial charge in [0.1, 0.15) is 5.75 Å². The summed E-state index contributed by atoms with van der Waals surface area (Å²) in [7, 11) is -2.07. The monoisotopic (exact) mass is 362 g/mol. The van der Waals surface area contributed by atoms with Crippen LogP contribution < -0.4 is 10.1 Å². The van der Waals surface area contributed by atoms with Crippen molar-refractivity contribution in [1.82, 2.24) is 4.31 Å². The minimum Gasteiger partial charge on any atom is -0.495 e. The Morgan fingerprint density at radius 1 is 1.12 bits per heavy atom. The van der Waals surface area contributed by atoms with Crippen LogP contribution in [0.25, 0.3) is 0 Å². The lowest BCUT2D eigenvalue weighted by molar-refractivity contribution is -0.116. The number of anilines is 1. The lowest BCUT2D eigenvalue weighted by Gasteiger charge is -2.26. The van der Waals surface area contributed by atoms with Crippen molar-refractivity contribution in [3.63, 3.8) is 0 Å². The highest BCUT2D eigenvalue weighted by atomic mass is 32.2. The van der Waals surface area contributed by atoms with Crippen molar-refractivity contribution in [2.45, 2.75) is 13.0 Å². The van der Waals surface area contributed by atoms with Crippen LogP contribution in [0.2, 0.25) is 0 Å². The van der Waals surface area contributed by atoms with Crippen molar-refractivity contribution in [3.8, 4) is 5.75 Å². The van der Waals surface area contributed by atoms with E-state index in [4.69, 9.17) is 4.74 Å². The summed E-state index contributed by atoms with van der Waals surface area (Å²) in [4.78, 5) is 12.4. The number of nitrogens with one attached hydrogen (secondary N) is 1. The normalized spacial score (nSPS) is 12.6. The van der Waals surface area contributed by atoms with E-state index in [1.54, 1.807) is 31.2 Å². The molecule has 2 aromatic rings. The average molecular weight is 362 g/mol. The highest BCUT2D eigenvalue weighted by molar-refractivity contribution is 7.88. The van der Waals surface area contributed by atoms with E-state index < -0.39 is 22.0 Å². The maximum Gasteiger partial charge on any atom is 0.239 e. The summed E-state index contributed by atoms with van der Waals surface area (Å²) in [5.74, 6) is 0.0792. The van der Waals surface area contributed by atoms with Gasteiger partial charge >= 0.3 is 0 Å². The van der Waals surface area contributed by atoms with Crippen molar-refractivity contribution < 1.29 is 17.9 Å². The predicted molar refractivity (Wildman–Crippen MR) is 98.0 cm³/mol. The van der Waals surface area contributed by atoms with Crippen LogP contribution in [0.1, 0.15) is 18.5 Å². The lowest BCUT2D eigenvalue weighted by atomic mass is 10.1. The van der Waals surface area contributed by atoms with Crippen LogP contribution >= 0.6 is 0 Å². The Morgan fingerprint density at radius 2 is 1.72 bits per heavy atom. The zero-order valence-electron chi connectivity index (χ0n) is 14.5. The van der Waals surface area contributed by atoms with Crippen LogP contribution in [0.3, 0.4) is 0 Å². The molecule has 7 heteroatoms. The van der Waals surface area contributed by atoms with Gasteiger partial charge in [0.25, 0.3) is 0 Å². The molecule has 2 rings (SSSR count). The second kappa shape index (κ2) is 8.13. The van der Waals surface area contributed by atoms with Crippen LogP contribution in [0.15, 0.2) is 54.6 Å². The van der Waals surface area contributed by atoms with Crippen LogP contribution in [0.4, 0.5) is 5.69 Å². The van der Waals surface area contributed by atoms with Gasteiger partial charge in [-0.1, -0.05) is 42.5 Å². The number of hydrogen-bond donors (Lipinski definition) is 1. The van der Waals surface area contributed by atoms with E-state index in [1.807, 2.05) is 30.3 Å². The van der Waals surface area contributed by atoms with E-state index in [2.05, 4.69) is 5.32 Å². The van der Waals surface area contributed by atoms with Gasteiger partial charge in [-0.05, 0) is 24.6 Å². The van der Waals surface area contributed by atoms with Gasteiger partial charge in [-0.15, -0.1) is 0 Å². The van der Waals surface area contributed by atoms with Gasteiger partial charge in [0.2, 0.25) is 15.9 Å². The van der Waals surface area contributed by atoms with E-state index in [0.29, 0.717) is 11.4 Å². The highest BCUT2D eigenvalue weighted by Gasteiger charge is 2.27. The van der Waals surface area contributed by atoms with Gasteiger partial charge in [0, 0.05) is 6.04 Å². The molecule has 6 nitrogen and oxygen atoms in total. The zero-order valence-corrected chi connectivity index (χ0v) is 15.3. The van der Waals surface area contributed by atoms with Gasteiger partial charge < -0.3 is 10.1 Å². The Hall–Kier alpha value is -2.38. The number of carbonyl (C=O) groups is 1. The first-order chi connectivity index (χ1) is 11.8. The second-order valence-electron chi connectivity index (χ2n) is 5.64. The number of ether oxygens (including phenoxy) is 1. The Balaban J connectivity index is 2.19. The van der Waals surface area contributed by atoms with E-state index in [-0.39, 0.29) is 6.54 Å². The molecule has 1 amide bonds. The molecule has 1 N–H and O–H groups in total. The molecule has 0 aliphatic carbocycles. The molecule has 25 heavy (non-hydrogen) atoms. The molecule has 0 radical (unpaired) electrons. The Morgan fingerprint density at radius 3 is 2.32 bits per heavy atom. The zero-order chi connectivity index (χ0) is 18.4. The summed E-state index contributed by atoms with van der Waals surface area (Å²) in [5.41, 5.74) is 1.31. The molecule has 0 fully saturated rings. The molecule has 0 aromatic heterocycles. The molecule has 2 aromatic carbocycles. The average Bonchev–Trinajstić information content (AvgIpc) is 2.59. The number of sulfonamides is 1. The Bertz CT molecular complexity index is 822. The molecule has 1 unspecified atom stereocenters. The third-order valence-corrected chi connectivity index (χ3v) is 5.12. The van der Waals surface area contributed by atoms with E-state index in [1.165, 1.54) is 11.4 Å². The van der Waals surface area contributed by atoms with Gasteiger partial charge in [-0.3, -0.25) is 4.79 Å². The summed E-state index contributed by atoms with van der Waals surface area (Å²) < 4.78 is 30.7. The first kappa shape index (κ1) is 19.0. The Kier molecular flexibility index (Phi) is 6.17. The number of amides is 1. The molecule has 0 saturated carbocycles. The summed E-state index contributed by atoms with van der Waals surface area (Å²) in [6.07, 6.45) is 1.10. The lowest BCUT2D eigenvalue weighted by Crippen LogP contribution is -2.39. The summed E-state index contributed by atoms with van der Waals surface area (Å²) in [5, 5.41) is 2.70. The van der Waals surface area contributed by atoms with Crippen molar-refractivity contribution in [1.29, 1.82) is 0 Å². The molecule has 0 saturated heterocycles. The summed E-state index contributed by atoms with van der Waals surface area (Å²) in [6, 6.07) is 15.7. The summed E-state index contributed by atoms with van der Waals surface area (Å²) in [6.45, 7) is 1.47. The van der Waals surface area contributed by atoms with Crippen molar-refractivity contribution in [2.75, 3.05) is 25.2 Å². The number of benzene rings is 2. The van der Waals surface area contributed by atoms with Crippen molar-refractivity contribution in [3.05, 3.63) is 60.2 Å². The fraction of sp³-hybridized carbons (Fsp3) is 0.278. The fourth-order valence-corrected chi connectivity index (χ4v) is 3.57. The third-order valence-electron chi connectivity index (χ3n) is 3.82. The maximum atomic E-state index is 12.4. The smallest absolute Gasteiger partial charge is 0.239 e. The highest BCUT2D eigenvalue weighted by Crippen LogP contribution is 2.25. The number of para-hydroxylation sites is 2. The number of carbonyl (C=O) groups excluding carboxylic acids is 1. The van der Waals surface area contributed by atoms with E-state index in [0.717, 1.165) is 11.8 Å². The third kappa shape index (κ3) is 5.04. The van der Waals surface area contributed by atoms with Crippen LogP contribution in [-0.4, -0.2) is 38.5 Å². The number of rotatable bonds is 7. The SMILES string of the molecule is COc1ccccc1NC(=O)CN(C(C)c1ccccc1)S(C)(=O)=O. The minimum absolute atomic E-state index is 0.285. The van der Waals surface area contributed by atoms with Crippen molar-refractivity contribution >= 4 is 21.6 Å². The topological polar surface area (TPSA) is 75.7 Å².